The summed E-state index contributed by atoms with van der Waals surface area (Å²) in [7, 11) is 0. The van der Waals surface area contributed by atoms with Crippen molar-refractivity contribution in [1.82, 2.24) is 24.5 Å². The summed E-state index contributed by atoms with van der Waals surface area (Å²) in [5, 5.41) is 16.8. The number of carboxylic acid groups (broad SMARTS) is 1. The van der Waals surface area contributed by atoms with Crippen LogP contribution in [0.15, 0.2) is 18.7 Å². The minimum absolute atomic E-state index is 0.213. The van der Waals surface area contributed by atoms with Gasteiger partial charge in [0, 0.05) is 19.2 Å². The molecule has 0 spiro atoms. The second kappa shape index (κ2) is 7.56. The second-order valence-electron chi connectivity index (χ2n) is 5.09. The number of rotatable bonds is 9. The van der Waals surface area contributed by atoms with E-state index in [1.807, 2.05) is 18.7 Å². The maximum Gasteiger partial charge on any atom is 0.303 e. The molecule has 2 rings (SSSR count). The molecule has 0 aliphatic rings. The minimum atomic E-state index is -0.747. The Kier molecular flexibility index (Phi) is 5.48. The summed E-state index contributed by atoms with van der Waals surface area (Å²) >= 11 is 0. The van der Waals surface area contributed by atoms with E-state index in [1.54, 1.807) is 4.68 Å². The van der Waals surface area contributed by atoms with Crippen LogP contribution in [-0.4, -0.2) is 35.6 Å². The van der Waals surface area contributed by atoms with Crippen molar-refractivity contribution in [1.29, 1.82) is 0 Å². The van der Waals surface area contributed by atoms with Gasteiger partial charge in [0.05, 0.1) is 30.5 Å². The lowest BCUT2D eigenvalue weighted by molar-refractivity contribution is -0.137. The number of aromatic nitrogens is 5. The van der Waals surface area contributed by atoms with Crippen molar-refractivity contribution in [2.24, 2.45) is 0 Å². The first-order valence-electron chi connectivity index (χ1n) is 7.29. The Morgan fingerprint density at radius 3 is 3.00 bits per heavy atom. The molecule has 114 valence electrons. The molecule has 7 heteroatoms. The Balaban J connectivity index is 1.85. The molecule has 0 fully saturated rings. The third kappa shape index (κ3) is 4.70. The normalized spacial score (nSPS) is 10.9. The van der Waals surface area contributed by atoms with Gasteiger partial charge in [-0.2, -0.15) is 0 Å². The van der Waals surface area contributed by atoms with E-state index in [4.69, 9.17) is 5.11 Å². The van der Waals surface area contributed by atoms with Crippen molar-refractivity contribution in [2.75, 3.05) is 0 Å². The smallest absolute Gasteiger partial charge is 0.303 e. The molecule has 0 aliphatic carbocycles. The highest BCUT2D eigenvalue weighted by atomic mass is 16.4. The largest absolute Gasteiger partial charge is 0.481 e. The predicted molar refractivity (Wildman–Crippen MR) is 76.8 cm³/mol. The van der Waals surface area contributed by atoms with Gasteiger partial charge in [-0.3, -0.25) is 4.79 Å². The van der Waals surface area contributed by atoms with E-state index in [0.717, 1.165) is 37.2 Å². The van der Waals surface area contributed by atoms with Crippen LogP contribution < -0.4 is 0 Å². The first kappa shape index (κ1) is 15.2. The van der Waals surface area contributed by atoms with Crippen LogP contribution in [0.25, 0.3) is 0 Å². The van der Waals surface area contributed by atoms with Crippen LogP contribution >= 0.6 is 0 Å². The van der Waals surface area contributed by atoms with Crippen molar-refractivity contribution in [2.45, 2.75) is 52.1 Å². The molecule has 0 saturated heterocycles. The summed E-state index contributed by atoms with van der Waals surface area (Å²) in [6.07, 6.45) is 9.14. The summed E-state index contributed by atoms with van der Waals surface area (Å²) in [5.41, 5.74) is 2.01. The summed E-state index contributed by atoms with van der Waals surface area (Å²) in [6, 6.07) is 0. The second-order valence-corrected chi connectivity index (χ2v) is 5.09. The number of aliphatic carboxylic acids is 1. The molecule has 1 N–H and O–H groups in total. The number of unbranched alkanes of at least 4 members (excludes halogenated alkanes) is 1. The van der Waals surface area contributed by atoms with Gasteiger partial charge in [0.25, 0.3) is 0 Å². The highest BCUT2D eigenvalue weighted by Crippen LogP contribution is 2.06. The lowest BCUT2D eigenvalue weighted by Gasteiger charge is -2.05. The van der Waals surface area contributed by atoms with E-state index >= 15 is 0 Å². The van der Waals surface area contributed by atoms with Crippen LogP contribution in [0.2, 0.25) is 0 Å². The Bertz CT molecular complexity index is 575. The molecule has 2 aromatic rings. The first-order chi connectivity index (χ1) is 10.2. The molecule has 0 saturated carbocycles. The number of aryl methyl sites for hydroxylation is 2. The van der Waals surface area contributed by atoms with Crippen molar-refractivity contribution in [3.05, 3.63) is 30.1 Å². The Morgan fingerprint density at radius 2 is 2.24 bits per heavy atom. The monoisotopic (exact) mass is 291 g/mol. The van der Waals surface area contributed by atoms with Crippen molar-refractivity contribution in [3.8, 4) is 0 Å². The maximum absolute atomic E-state index is 10.4. The minimum Gasteiger partial charge on any atom is -0.481 e. The molecule has 0 bridgehead atoms. The van der Waals surface area contributed by atoms with Gasteiger partial charge in [0.2, 0.25) is 0 Å². The lowest BCUT2D eigenvalue weighted by Crippen LogP contribution is -2.07. The van der Waals surface area contributed by atoms with Crippen LogP contribution in [0, 0.1) is 0 Å². The standard InChI is InChI=1S/C14H21N5O2/c1-2-7-18-11-15-8-13(18)10-19-9-12(16-17-19)5-3-4-6-14(20)21/h8-9,11H,2-7,10H2,1H3,(H,20,21). The van der Waals surface area contributed by atoms with Gasteiger partial charge in [0.15, 0.2) is 0 Å². The molecule has 0 atom stereocenters. The lowest BCUT2D eigenvalue weighted by atomic mass is 10.1. The molecule has 0 unspecified atom stereocenters. The van der Waals surface area contributed by atoms with Gasteiger partial charge in [-0.25, -0.2) is 9.67 Å². The zero-order valence-corrected chi connectivity index (χ0v) is 12.3. The number of carboxylic acids is 1. The number of nitrogens with zero attached hydrogens (tertiary/aromatic N) is 5. The fraction of sp³-hybridized carbons (Fsp3) is 0.571. The van der Waals surface area contributed by atoms with Crippen LogP contribution in [0.5, 0.6) is 0 Å². The SMILES string of the molecule is CCCn1cncc1Cn1cc(CCCCC(=O)O)nn1. The van der Waals surface area contributed by atoms with E-state index in [9.17, 15) is 4.79 Å². The maximum atomic E-state index is 10.4. The number of hydrogen-bond acceptors (Lipinski definition) is 4. The molecule has 0 amide bonds. The topological polar surface area (TPSA) is 85.8 Å². The van der Waals surface area contributed by atoms with E-state index in [0.29, 0.717) is 13.0 Å². The predicted octanol–water partition coefficient (Wildman–Crippen LogP) is 1.73. The van der Waals surface area contributed by atoms with E-state index in [1.165, 1.54) is 0 Å². The van der Waals surface area contributed by atoms with Crippen LogP contribution in [0.3, 0.4) is 0 Å². The van der Waals surface area contributed by atoms with Crippen molar-refractivity contribution < 1.29 is 9.90 Å². The molecule has 21 heavy (non-hydrogen) atoms. The van der Waals surface area contributed by atoms with Crippen LogP contribution in [-0.2, 0) is 24.3 Å². The molecule has 0 aromatic carbocycles. The van der Waals surface area contributed by atoms with Gasteiger partial charge >= 0.3 is 5.97 Å². The van der Waals surface area contributed by atoms with E-state index in [-0.39, 0.29) is 6.42 Å². The summed E-state index contributed by atoms with van der Waals surface area (Å²) in [6.45, 7) is 3.74. The molecule has 0 aliphatic heterocycles. The molecule has 0 radical (unpaired) electrons. The van der Waals surface area contributed by atoms with Gasteiger partial charge in [0.1, 0.15) is 0 Å². The van der Waals surface area contributed by atoms with Crippen LogP contribution in [0.4, 0.5) is 0 Å². The van der Waals surface area contributed by atoms with Gasteiger partial charge in [-0.15, -0.1) is 5.10 Å². The fourth-order valence-corrected chi connectivity index (χ4v) is 2.20. The average Bonchev–Trinajstić information content (AvgIpc) is 3.06. The molecular formula is C14H21N5O2. The third-order valence-corrected chi connectivity index (χ3v) is 3.25. The van der Waals surface area contributed by atoms with E-state index < -0.39 is 5.97 Å². The van der Waals surface area contributed by atoms with Crippen molar-refractivity contribution in [3.63, 3.8) is 0 Å². The summed E-state index contributed by atoms with van der Waals surface area (Å²) in [4.78, 5) is 14.6. The van der Waals surface area contributed by atoms with Gasteiger partial charge in [-0.05, 0) is 25.7 Å². The van der Waals surface area contributed by atoms with Gasteiger partial charge in [-0.1, -0.05) is 12.1 Å². The van der Waals surface area contributed by atoms with Crippen molar-refractivity contribution >= 4 is 5.97 Å². The number of hydrogen-bond donors (Lipinski definition) is 1. The average molecular weight is 291 g/mol. The Hall–Kier alpha value is -2.18. The fourth-order valence-electron chi connectivity index (χ4n) is 2.20. The Labute approximate surface area is 123 Å². The first-order valence-corrected chi connectivity index (χ1v) is 7.29. The molecule has 2 aromatic heterocycles. The van der Waals surface area contributed by atoms with Gasteiger partial charge < -0.3 is 9.67 Å². The van der Waals surface area contributed by atoms with Crippen LogP contribution in [0.1, 0.15) is 44.0 Å². The number of carbonyl (C=O) groups is 1. The summed E-state index contributed by atoms with van der Waals surface area (Å²) in [5.74, 6) is -0.747. The molecule has 7 nitrogen and oxygen atoms in total. The zero-order valence-electron chi connectivity index (χ0n) is 12.3. The highest BCUT2D eigenvalue weighted by molar-refractivity contribution is 5.66. The molecule has 2 heterocycles. The molecular weight excluding hydrogens is 270 g/mol. The number of imidazole rings is 1. The zero-order chi connectivity index (χ0) is 15.1. The van der Waals surface area contributed by atoms with E-state index in [2.05, 4.69) is 26.8 Å². The Morgan fingerprint density at radius 1 is 1.38 bits per heavy atom. The highest BCUT2D eigenvalue weighted by Gasteiger charge is 2.06. The quantitative estimate of drug-likeness (QED) is 0.711. The summed E-state index contributed by atoms with van der Waals surface area (Å²) < 4.78 is 3.92. The third-order valence-electron chi connectivity index (χ3n) is 3.25.